The second-order valence-electron chi connectivity index (χ2n) is 5.33. The van der Waals surface area contributed by atoms with E-state index in [1.54, 1.807) is 4.31 Å². The Morgan fingerprint density at radius 2 is 2.05 bits per heavy atom. The summed E-state index contributed by atoms with van der Waals surface area (Å²) in [5, 5.41) is 3.31. The lowest BCUT2D eigenvalue weighted by atomic mass is 10.1. The number of hydrogen-bond acceptors (Lipinski definition) is 3. The minimum Gasteiger partial charge on any atom is -0.314 e. The fourth-order valence-corrected chi connectivity index (χ4v) is 4.47. The Kier molecular flexibility index (Phi) is 5.57. The van der Waals surface area contributed by atoms with Crippen LogP contribution in [0.5, 0.6) is 0 Å². The third kappa shape index (κ3) is 4.04. The zero-order chi connectivity index (χ0) is 14.4. The normalized spacial score (nSPS) is 20.9. The van der Waals surface area contributed by atoms with E-state index in [1.165, 1.54) is 5.56 Å². The molecule has 0 spiro atoms. The summed E-state index contributed by atoms with van der Waals surface area (Å²) in [6.07, 6.45) is 2.43. The average molecular weight is 296 g/mol. The van der Waals surface area contributed by atoms with Gasteiger partial charge >= 0.3 is 0 Å². The smallest absolute Gasteiger partial charge is 0.214 e. The van der Waals surface area contributed by atoms with Gasteiger partial charge in [0.2, 0.25) is 10.0 Å². The molecule has 1 N–H and O–H groups in total. The van der Waals surface area contributed by atoms with Crippen molar-refractivity contribution in [1.82, 2.24) is 9.62 Å². The Hall–Kier alpha value is -0.910. The number of piperazine rings is 1. The Morgan fingerprint density at radius 3 is 2.75 bits per heavy atom. The molecule has 1 aliphatic rings. The number of benzene rings is 1. The van der Waals surface area contributed by atoms with Gasteiger partial charge in [-0.15, -0.1) is 0 Å². The molecule has 1 unspecified atom stereocenters. The van der Waals surface area contributed by atoms with Crippen molar-refractivity contribution in [3.8, 4) is 0 Å². The number of rotatable bonds is 6. The van der Waals surface area contributed by atoms with Crippen LogP contribution in [0.2, 0.25) is 0 Å². The van der Waals surface area contributed by atoms with Crippen LogP contribution >= 0.6 is 0 Å². The average Bonchev–Trinajstić information content (AvgIpc) is 2.47. The summed E-state index contributed by atoms with van der Waals surface area (Å²) in [6, 6.07) is 10.1. The monoisotopic (exact) mass is 296 g/mol. The molecule has 0 amide bonds. The summed E-state index contributed by atoms with van der Waals surface area (Å²) in [5.74, 6) is 0.273. The molecule has 112 valence electrons. The third-order valence-electron chi connectivity index (χ3n) is 3.72. The van der Waals surface area contributed by atoms with Gasteiger partial charge in [0.15, 0.2) is 0 Å². The summed E-state index contributed by atoms with van der Waals surface area (Å²) in [6.45, 7) is 4.09. The molecule has 0 aliphatic carbocycles. The van der Waals surface area contributed by atoms with Gasteiger partial charge in [-0.1, -0.05) is 43.7 Å². The summed E-state index contributed by atoms with van der Waals surface area (Å²) >= 11 is 0. The van der Waals surface area contributed by atoms with Gasteiger partial charge in [-0.05, 0) is 18.4 Å². The SMILES string of the molecule is CCCCS(=O)(=O)N1CCNCC1Cc1ccccc1. The van der Waals surface area contributed by atoms with Gasteiger partial charge in [-0.25, -0.2) is 8.42 Å². The zero-order valence-corrected chi connectivity index (χ0v) is 12.9. The quantitative estimate of drug-likeness (QED) is 0.868. The Labute approximate surface area is 122 Å². The first kappa shape index (κ1) is 15.5. The van der Waals surface area contributed by atoms with Crippen molar-refractivity contribution in [1.29, 1.82) is 0 Å². The molecule has 0 radical (unpaired) electrons. The van der Waals surface area contributed by atoms with Crippen LogP contribution in [0.15, 0.2) is 30.3 Å². The molecule has 0 bridgehead atoms. The Balaban J connectivity index is 2.09. The van der Waals surface area contributed by atoms with Crippen molar-refractivity contribution in [2.45, 2.75) is 32.2 Å². The van der Waals surface area contributed by atoms with Crippen LogP contribution in [-0.2, 0) is 16.4 Å². The lowest BCUT2D eigenvalue weighted by Crippen LogP contribution is -2.54. The molecular weight excluding hydrogens is 272 g/mol. The van der Waals surface area contributed by atoms with Crippen LogP contribution < -0.4 is 5.32 Å². The topological polar surface area (TPSA) is 49.4 Å². The second kappa shape index (κ2) is 7.20. The molecule has 1 fully saturated rings. The van der Waals surface area contributed by atoms with E-state index in [1.807, 2.05) is 25.1 Å². The molecule has 1 aromatic rings. The molecule has 1 atom stereocenters. The number of unbranched alkanes of at least 4 members (excludes halogenated alkanes) is 1. The van der Waals surface area contributed by atoms with Crippen LogP contribution in [0.25, 0.3) is 0 Å². The van der Waals surface area contributed by atoms with Crippen molar-refractivity contribution in [3.63, 3.8) is 0 Å². The van der Waals surface area contributed by atoms with E-state index in [-0.39, 0.29) is 11.8 Å². The van der Waals surface area contributed by atoms with E-state index in [2.05, 4.69) is 17.4 Å². The molecule has 1 saturated heterocycles. The first-order valence-electron chi connectivity index (χ1n) is 7.37. The van der Waals surface area contributed by atoms with E-state index < -0.39 is 10.0 Å². The maximum absolute atomic E-state index is 12.4. The van der Waals surface area contributed by atoms with E-state index in [4.69, 9.17) is 0 Å². The molecule has 5 heteroatoms. The molecule has 0 saturated carbocycles. The molecular formula is C15H24N2O2S. The Morgan fingerprint density at radius 1 is 1.30 bits per heavy atom. The first-order valence-corrected chi connectivity index (χ1v) is 8.98. The molecule has 0 aromatic heterocycles. The molecule has 1 aliphatic heterocycles. The van der Waals surface area contributed by atoms with Crippen molar-refractivity contribution < 1.29 is 8.42 Å². The van der Waals surface area contributed by atoms with Crippen molar-refractivity contribution in [3.05, 3.63) is 35.9 Å². The molecule has 1 heterocycles. The standard InChI is InChI=1S/C15H24N2O2S/c1-2-3-11-20(18,19)17-10-9-16-13-15(17)12-14-7-5-4-6-8-14/h4-8,15-16H,2-3,9-13H2,1H3. The van der Waals surface area contributed by atoms with Crippen LogP contribution in [-0.4, -0.2) is 44.2 Å². The minimum absolute atomic E-state index is 0.0352. The van der Waals surface area contributed by atoms with Crippen molar-refractivity contribution in [2.75, 3.05) is 25.4 Å². The maximum atomic E-state index is 12.4. The van der Waals surface area contributed by atoms with Gasteiger partial charge in [0.25, 0.3) is 0 Å². The summed E-state index contributed by atoms with van der Waals surface area (Å²) in [5.41, 5.74) is 1.19. The zero-order valence-electron chi connectivity index (χ0n) is 12.1. The summed E-state index contributed by atoms with van der Waals surface area (Å²) in [4.78, 5) is 0. The van der Waals surface area contributed by atoms with Crippen LogP contribution in [0.4, 0.5) is 0 Å². The maximum Gasteiger partial charge on any atom is 0.214 e. The van der Waals surface area contributed by atoms with Crippen LogP contribution in [0, 0.1) is 0 Å². The van der Waals surface area contributed by atoms with E-state index in [0.717, 1.165) is 32.4 Å². The van der Waals surface area contributed by atoms with Gasteiger partial charge in [0, 0.05) is 25.7 Å². The lowest BCUT2D eigenvalue weighted by Gasteiger charge is -2.35. The summed E-state index contributed by atoms with van der Waals surface area (Å²) < 4.78 is 26.6. The predicted molar refractivity (Wildman–Crippen MR) is 82.2 cm³/mol. The van der Waals surface area contributed by atoms with Gasteiger partial charge in [0.05, 0.1) is 5.75 Å². The lowest BCUT2D eigenvalue weighted by molar-refractivity contribution is 0.266. The predicted octanol–water partition coefficient (Wildman–Crippen LogP) is 1.63. The first-order chi connectivity index (χ1) is 9.63. The highest BCUT2D eigenvalue weighted by Gasteiger charge is 2.31. The highest BCUT2D eigenvalue weighted by atomic mass is 32.2. The number of nitrogens with zero attached hydrogens (tertiary/aromatic N) is 1. The van der Waals surface area contributed by atoms with E-state index >= 15 is 0 Å². The molecule has 1 aromatic carbocycles. The van der Waals surface area contributed by atoms with Crippen LogP contribution in [0.1, 0.15) is 25.3 Å². The fourth-order valence-electron chi connectivity index (χ4n) is 2.61. The second-order valence-corrected chi connectivity index (χ2v) is 7.37. The highest BCUT2D eigenvalue weighted by molar-refractivity contribution is 7.89. The number of sulfonamides is 1. The number of nitrogens with one attached hydrogen (secondary N) is 1. The molecule has 20 heavy (non-hydrogen) atoms. The van der Waals surface area contributed by atoms with Gasteiger partial charge in [0.1, 0.15) is 0 Å². The van der Waals surface area contributed by atoms with E-state index in [0.29, 0.717) is 6.54 Å². The molecule has 4 nitrogen and oxygen atoms in total. The van der Waals surface area contributed by atoms with E-state index in [9.17, 15) is 8.42 Å². The Bertz CT molecular complexity index is 502. The molecule has 2 rings (SSSR count). The fraction of sp³-hybridized carbons (Fsp3) is 0.600. The van der Waals surface area contributed by atoms with Gasteiger partial charge in [-0.3, -0.25) is 0 Å². The van der Waals surface area contributed by atoms with Crippen molar-refractivity contribution in [2.24, 2.45) is 0 Å². The van der Waals surface area contributed by atoms with Gasteiger partial charge < -0.3 is 5.32 Å². The summed E-state index contributed by atoms with van der Waals surface area (Å²) in [7, 11) is -3.12. The third-order valence-corrected chi connectivity index (χ3v) is 5.72. The largest absolute Gasteiger partial charge is 0.314 e. The van der Waals surface area contributed by atoms with Crippen LogP contribution in [0.3, 0.4) is 0 Å². The van der Waals surface area contributed by atoms with Gasteiger partial charge in [-0.2, -0.15) is 4.31 Å². The highest BCUT2D eigenvalue weighted by Crippen LogP contribution is 2.16. The van der Waals surface area contributed by atoms with Crippen molar-refractivity contribution >= 4 is 10.0 Å². The minimum atomic E-state index is -3.12. The number of hydrogen-bond donors (Lipinski definition) is 1.